The van der Waals surface area contributed by atoms with Gasteiger partial charge in [-0.15, -0.1) is 0 Å². The lowest BCUT2D eigenvalue weighted by Gasteiger charge is -2.25. The zero-order chi connectivity index (χ0) is 120. The average molecular weight is 1800 g/mol. The molecule has 5 aromatic rings. The van der Waals surface area contributed by atoms with E-state index in [2.05, 4.69) is 24.9 Å². The van der Waals surface area contributed by atoms with E-state index in [0.29, 0.717) is 58.1 Å². The number of aliphatic carboxylic acids is 10. The maximum atomic E-state index is 12.2. The van der Waals surface area contributed by atoms with Crippen LogP contribution < -0.4 is 24.5 Å². The van der Waals surface area contributed by atoms with Crippen LogP contribution in [0.4, 0.5) is 29.1 Å². The maximum Gasteiger partial charge on any atom is 0.355 e. The molecule has 5 atom stereocenters. The van der Waals surface area contributed by atoms with E-state index in [1.807, 2.05) is 0 Å². The molecule has 0 spiro atoms. The number of aliphatic hydroxyl groups is 5. The largest absolute Gasteiger partial charge is 0.478 e. The first-order valence-corrected chi connectivity index (χ1v) is 32.4. The van der Waals surface area contributed by atoms with E-state index in [0.717, 1.165) is 33.7 Å². The second kappa shape index (κ2) is 41.2. The Morgan fingerprint density at radius 2 is 0.456 bits per heavy atom. The lowest BCUT2D eigenvalue weighted by Crippen LogP contribution is -2.52. The van der Waals surface area contributed by atoms with Crippen molar-refractivity contribution in [1.82, 2.24) is 47.8 Å². The molecule has 0 fully saturated rings. The molecule has 5 aliphatic heterocycles. The van der Waals surface area contributed by atoms with Gasteiger partial charge in [-0.3, -0.25) is 96.4 Å². The van der Waals surface area contributed by atoms with Crippen LogP contribution in [0.5, 0.6) is 0 Å². The van der Waals surface area contributed by atoms with Gasteiger partial charge in [0.25, 0.3) is 0 Å². The van der Waals surface area contributed by atoms with Crippen molar-refractivity contribution in [2.75, 3.05) is 59.6 Å². The summed E-state index contributed by atoms with van der Waals surface area (Å²) in [6.07, 6.45) is 2.17. The molecule has 0 bridgehead atoms. The predicted octanol–water partition coefficient (Wildman–Crippen LogP) is -6.55. The Kier molecular flexibility index (Phi) is 23.2. The van der Waals surface area contributed by atoms with Gasteiger partial charge in [-0.05, 0) is 69.0 Å². The SMILES string of the molecule is CC(=O)C(O)(C(=O)O)C(=O)O.CC(=O)C(O)(C(=O)O)C(=O)O.CC(=O)C(O)(C(=O)O)C(=O)O.CC(=O)C(O)(C(=O)O)C(=O)O.CC(=O)C(O)(C(=O)O)C(=O)O.[2H]C([2H])([2H])C1C(=O)c2c(ncn2C([2H])([2H])[2H])N(C)C1=O.[2H]C([2H])([2H])C1C(=O)c2c(ncn2C)N(C([2H])([2H])[2H])C1=O.[2H]C([2H])([2H])N1C(=O)C(C)C(=O)c2c1ncn2C([2H])([2H])[2H].[2H]c1nc2c(n1C([2H])([2H])[2H])C(=O)C(C)C(=O)N2C.[2H]c1nc2c(n1C)C(=O)C(C([2H])([2H])[2H])C(=O)N2C. The lowest BCUT2D eigenvalue weighted by molar-refractivity contribution is -0.180. The number of amides is 5. The molecule has 680 valence electrons. The molecule has 5 amide bonds. The third-order valence-corrected chi connectivity index (χ3v) is 16.6. The van der Waals surface area contributed by atoms with Crippen molar-refractivity contribution in [3.8, 4) is 0 Å². The van der Waals surface area contributed by atoms with Crippen LogP contribution in [0.2, 0.25) is 0 Å². The second-order valence-electron chi connectivity index (χ2n) is 24.8. The molecule has 5 aliphatic rings. The number of carboxylic acid groups (broad SMARTS) is 10. The number of carbonyl (C=O) groups is 25. The first-order chi connectivity index (χ1) is 67.3. The molecule has 5 aromatic heterocycles. The van der Waals surface area contributed by atoms with Crippen LogP contribution in [-0.2, 0) is 131 Å². The first kappa shape index (κ1) is 70.3. The van der Waals surface area contributed by atoms with E-state index in [9.17, 15) is 120 Å². The van der Waals surface area contributed by atoms with Gasteiger partial charge in [0.05, 0.1) is 31.6 Å². The monoisotopic (exact) mass is 1800 g/mol. The van der Waals surface area contributed by atoms with Gasteiger partial charge in [-0.25, -0.2) is 72.9 Å². The van der Waals surface area contributed by atoms with Gasteiger partial charge in [-0.2, -0.15) is 0 Å². The van der Waals surface area contributed by atoms with Gasteiger partial charge in [0.1, 0.15) is 60.8 Å². The topological polar surface area (TPSA) is 836 Å². The highest BCUT2D eigenvalue weighted by Crippen LogP contribution is 2.32. The van der Waals surface area contributed by atoms with Gasteiger partial charge in [0, 0.05) is 103 Å². The average Bonchev–Trinajstić information content (AvgIpc) is 1.65. The number of aryl methyl sites for hydroxylation is 3. The fourth-order valence-corrected chi connectivity index (χ4v) is 8.92. The molecule has 0 radical (unpaired) electrons. The van der Waals surface area contributed by atoms with Crippen molar-refractivity contribution < 1.29 is 232 Å². The summed E-state index contributed by atoms with van der Waals surface area (Å²) >= 11 is 0. The van der Waals surface area contributed by atoms with Gasteiger partial charge in [0.15, 0.2) is 86.9 Å². The minimum Gasteiger partial charge on any atom is -0.478 e. The molecular weight excluding hydrogens is 1690 g/mol. The smallest absolute Gasteiger partial charge is 0.355 e. The number of carboxylic acids is 10. The molecule has 10 heterocycles. The number of nitrogens with zero attached hydrogens (tertiary/aromatic N) is 15. The molecular formula is C70H85N15O40. The Bertz CT molecular complexity index is 5950. The van der Waals surface area contributed by atoms with Crippen molar-refractivity contribution in [3.05, 3.63) is 60.1 Å². The zero-order valence-electron chi connectivity index (χ0n) is 91.2. The highest BCUT2D eigenvalue weighted by Gasteiger charge is 2.54. The molecule has 55 heteroatoms. The molecule has 55 nitrogen and oxygen atoms in total. The molecule has 0 aromatic carbocycles. The number of hydrogen-bond donors (Lipinski definition) is 15. The molecule has 0 saturated carbocycles. The summed E-state index contributed by atoms with van der Waals surface area (Å²) in [6, 6.07) is 0. The van der Waals surface area contributed by atoms with Crippen LogP contribution in [0.25, 0.3) is 0 Å². The number of aromatic nitrogens is 10. The Morgan fingerprint density at radius 1 is 0.280 bits per heavy atom. The number of fused-ring (bicyclic) bond motifs is 5. The standard InChI is InChI=1S/5C9H11N3O2.5C5H6O6/c5*1-5-7(13)6-8(10-4-11(6)2)12(3)9(5)14;5*1-2(6)5(11,3(7)8)4(9)10/h5*4-5H,1-3H3;5*11H,1H3,(H,7,8)(H,9,10)/i2D3,4D;2D3,3D3;1D3,4D;1D3,3D3;1D3,2D3;;;;;. The quantitative estimate of drug-likeness (QED) is 0.0433. The van der Waals surface area contributed by atoms with Crippen molar-refractivity contribution in [2.24, 2.45) is 64.6 Å². The van der Waals surface area contributed by atoms with Crippen molar-refractivity contribution in [1.29, 1.82) is 0 Å². The van der Waals surface area contributed by atoms with E-state index in [-0.39, 0.29) is 58.0 Å². The summed E-state index contributed by atoms with van der Waals surface area (Å²) in [6.45, 7) is -16.2. The predicted molar refractivity (Wildman–Crippen MR) is 405 cm³/mol. The first-order valence-electron chi connectivity index (χ1n) is 45.4. The van der Waals surface area contributed by atoms with Gasteiger partial charge in [-0.1, -0.05) is 0 Å². The molecule has 0 saturated heterocycles. The van der Waals surface area contributed by atoms with Crippen molar-refractivity contribution >= 4 is 176 Å². The summed E-state index contributed by atoms with van der Waals surface area (Å²) in [5.74, 6) is -44.9. The van der Waals surface area contributed by atoms with Crippen LogP contribution in [0.1, 0.15) is 157 Å². The van der Waals surface area contributed by atoms with Crippen molar-refractivity contribution in [2.45, 2.75) is 97.0 Å². The van der Waals surface area contributed by atoms with Crippen LogP contribution >= 0.6 is 0 Å². The lowest BCUT2D eigenvalue weighted by atomic mass is 9.98. The number of rotatable bonds is 15. The number of anilines is 5. The van der Waals surface area contributed by atoms with E-state index in [1.165, 1.54) is 58.2 Å². The second-order valence-corrected chi connectivity index (χ2v) is 24.8. The number of Topliss-reactive ketones (excluding diaryl/α,β-unsaturated/α-hetero) is 10. The zero-order valence-corrected chi connectivity index (χ0v) is 65.2. The van der Waals surface area contributed by atoms with E-state index in [1.54, 1.807) is 0 Å². The fraction of sp³-hybridized carbons (Fsp3) is 0.429. The van der Waals surface area contributed by atoms with Crippen LogP contribution in [0.15, 0.2) is 31.6 Å². The van der Waals surface area contributed by atoms with E-state index in [4.69, 9.17) is 112 Å². The summed E-state index contributed by atoms with van der Waals surface area (Å²) < 4.78 is 195. The number of ketones is 10. The highest BCUT2D eigenvalue weighted by atomic mass is 16.5. The third-order valence-electron chi connectivity index (χ3n) is 16.6. The highest BCUT2D eigenvalue weighted by molar-refractivity contribution is 6.27. The number of carbonyl (C=O) groups excluding carboxylic acids is 15. The van der Waals surface area contributed by atoms with Crippen LogP contribution in [0.3, 0.4) is 0 Å². The van der Waals surface area contributed by atoms with Gasteiger partial charge < -0.3 is 99.4 Å². The minimum atomic E-state index is -3.31. The summed E-state index contributed by atoms with van der Waals surface area (Å²) in [5, 5.41) is 125. The maximum absolute atomic E-state index is 12.2. The van der Waals surface area contributed by atoms with E-state index >= 15 is 0 Å². The third kappa shape index (κ3) is 21.5. The van der Waals surface area contributed by atoms with Crippen LogP contribution in [-0.4, -0.2) is 335 Å². The minimum absolute atomic E-state index is 0.0109. The Labute approximate surface area is 736 Å². The summed E-state index contributed by atoms with van der Waals surface area (Å²) in [4.78, 5) is 295. The normalized spacial score (nSPS) is 20.6. The number of hydrogen-bond acceptors (Lipinski definition) is 35. The molecule has 0 aliphatic carbocycles. The fourth-order valence-electron chi connectivity index (χ4n) is 8.92. The van der Waals surface area contributed by atoms with Crippen molar-refractivity contribution in [3.63, 3.8) is 0 Å². The molecule has 15 N–H and O–H groups in total. The van der Waals surface area contributed by atoms with Gasteiger partial charge >= 0.3 is 87.7 Å². The Morgan fingerprint density at radius 3 is 0.672 bits per heavy atom. The molecule has 10 rings (SSSR count). The Hall–Kier alpha value is -15.4. The number of imidazole rings is 5. The Balaban J connectivity index is 0.000000848. The summed E-state index contributed by atoms with van der Waals surface area (Å²) in [7, 11) is 6.86. The summed E-state index contributed by atoms with van der Waals surface area (Å²) in [5.41, 5.74) is -17.7. The molecule has 125 heavy (non-hydrogen) atoms. The van der Waals surface area contributed by atoms with Crippen LogP contribution in [0, 0.1) is 29.6 Å². The van der Waals surface area contributed by atoms with Gasteiger partial charge in [0.2, 0.25) is 29.5 Å². The molecule has 5 unspecified atom stereocenters. The van der Waals surface area contributed by atoms with E-state index < -0.39 is 272 Å².